The van der Waals surface area contributed by atoms with Crippen molar-refractivity contribution in [3.8, 4) is 5.75 Å². The van der Waals surface area contributed by atoms with Crippen LogP contribution in [0.25, 0.3) is 11.8 Å². The number of benzene rings is 3. The van der Waals surface area contributed by atoms with Crippen molar-refractivity contribution in [1.82, 2.24) is 4.57 Å². The van der Waals surface area contributed by atoms with E-state index in [0.29, 0.717) is 37.5 Å². The van der Waals surface area contributed by atoms with Crippen LogP contribution in [0.2, 0.25) is 0 Å². The van der Waals surface area contributed by atoms with E-state index < -0.39 is 23.8 Å². The Morgan fingerprint density at radius 2 is 1.79 bits per heavy atom. The second-order valence-corrected chi connectivity index (χ2v) is 9.66. The molecule has 0 unspecified atom stereocenters. The Bertz CT molecular complexity index is 1770. The predicted octanol–water partition coefficient (Wildman–Crippen LogP) is 4.00. The van der Waals surface area contributed by atoms with Crippen LogP contribution in [0.4, 0.5) is 4.39 Å². The van der Waals surface area contributed by atoms with Crippen LogP contribution in [0.1, 0.15) is 36.6 Å². The minimum Gasteiger partial charge on any atom is -0.463 e. The first-order chi connectivity index (χ1) is 18.9. The van der Waals surface area contributed by atoms with Gasteiger partial charge in [0.25, 0.3) is 5.56 Å². The Labute approximate surface area is 226 Å². The van der Waals surface area contributed by atoms with Crippen LogP contribution in [-0.2, 0) is 14.3 Å². The van der Waals surface area contributed by atoms with Crippen molar-refractivity contribution in [3.05, 3.63) is 127 Å². The molecule has 0 saturated heterocycles. The maximum absolute atomic E-state index is 13.9. The molecule has 3 aromatic carbocycles. The van der Waals surface area contributed by atoms with Crippen LogP contribution in [-0.4, -0.2) is 23.1 Å². The number of carbonyl (C=O) groups is 2. The molecule has 1 aliphatic heterocycles. The Morgan fingerprint density at radius 3 is 2.49 bits per heavy atom. The highest BCUT2D eigenvalue weighted by molar-refractivity contribution is 7.07. The van der Waals surface area contributed by atoms with Gasteiger partial charge in [0.05, 0.1) is 28.5 Å². The summed E-state index contributed by atoms with van der Waals surface area (Å²) in [5.41, 5.74) is 2.05. The van der Waals surface area contributed by atoms with Gasteiger partial charge in [0.2, 0.25) is 0 Å². The van der Waals surface area contributed by atoms with Gasteiger partial charge in [-0.2, -0.15) is 0 Å². The van der Waals surface area contributed by atoms with E-state index >= 15 is 0 Å². The van der Waals surface area contributed by atoms with E-state index in [0.717, 1.165) is 11.3 Å². The number of carbonyl (C=O) groups excluding carboxylic acids is 2. The predicted molar refractivity (Wildman–Crippen MR) is 145 cm³/mol. The van der Waals surface area contributed by atoms with Crippen LogP contribution < -0.4 is 19.6 Å². The minimum atomic E-state index is -0.898. The fourth-order valence-corrected chi connectivity index (χ4v) is 5.39. The van der Waals surface area contributed by atoms with Crippen molar-refractivity contribution in [2.75, 3.05) is 6.61 Å². The lowest BCUT2D eigenvalue weighted by Gasteiger charge is -2.25. The lowest BCUT2D eigenvalue weighted by atomic mass is 9.93. The van der Waals surface area contributed by atoms with Gasteiger partial charge in [0.15, 0.2) is 4.80 Å². The van der Waals surface area contributed by atoms with Gasteiger partial charge in [-0.15, -0.1) is 0 Å². The molecular formula is C30H23FN2O5S. The van der Waals surface area contributed by atoms with Crippen LogP contribution in [0.5, 0.6) is 5.75 Å². The number of hydrogen-bond acceptors (Lipinski definition) is 7. The molecule has 0 bridgehead atoms. The van der Waals surface area contributed by atoms with E-state index in [9.17, 15) is 18.8 Å². The molecule has 5 rings (SSSR count). The van der Waals surface area contributed by atoms with Crippen molar-refractivity contribution < 1.29 is 23.5 Å². The lowest BCUT2D eigenvalue weighted by Crippen LogP contribution is -2.40. The van der Waals surface area contributed by atoms with Crippen molar-refractivity contribution in [2.45, 2.75) is 19.9 Å². The fraction of sp³-hybridized carbons (Fsp3) is 0.133. The molecule has 1 atom stereocenters. The summed E-state index contributed by atoms with van der Waals surface area (Å²) in [5.74, 6) is -1.16. The van der Waals surface area contributed by atoms with Crippen LogP contribution in [0, 0.1) is 5.82 Å². The number of halogens is 1. The maximum atomic E-state index is 13.9. The van der Waals surface area contributed by atoms with Crippen molar-refractivity contribution in [3.63, 3.8) is 0 Å². The van der Waals surface area contributed by atoms with Gasteiger partial charge in [-0.1, -0.05) is 65.9 Å². The van der Waals surface area contributed by atoms with Crippen LogP contribution in [0.3, 0.4) is 0 Å². The molecule has 0 radical (unpaired) electrons. The topological polar surface area (TPSA) is 87.0 Å². The number of rotatable bonds is 6. The number of esters is 2. The number of fused-ring (bicyclic) bond motifs is 1. The number of aromatic nitrogens is 1. The van der Waals surface area contributed by atoms with Gasteiger partial charge in [-0.25, -0.2) is 14.2 Å². The van der Waals surface area contributed by atoms with E-state index in [4.69, 9.17) is 14.5 Å². The van der Waals surface area contributed by atoms with Gasteiger partial charge in [-0.05, 0) is 48.4 Å². The quantitative estimate of drug-likeness (QED) is 0.272. The first-order valence-corrected chi connectivity index (χ1v) is 13.0. The summed E-state index contributed by atoms with van der Waals surface area (Å²) in [4.78, 5) is 43.8. The molecule has 1 aromatic heterocycles. The monoisotopic (exact) mass is 542 g/mol. The molecule has 0 fully saturated rings. The second-order valence-electron chi connectivity index (χ2n) is 8.65. The van der Waals surface area contributed by atoms with Crippen molar-refractivity contribution >= 4 is 35.0 Å². The SMILES string of the molecule is CCOC(=O)C1=C(c2ccccc2)N=c2s/c(=C\c3cccc(OC(C)=O)c3)c(=O)n2[C@@H]1c1ccc(F)cc1. The normalized spacial score (nSPS) is 14.9. The first kappa shape index (κ1) is 26.0. The Balaban J connectivity index is 1.78. The third-order valence-electron chi connectivity index (χ3n) is 5.98. The van der Waals surface area contributed by atoms with Gasteiger partial charge < -0.3 is 9.47 Å². The van der Waals surface area contributed by atoms with Crippen LogP contribution in [0.15, 0.2) is 94.2 Å². The van der Waals surface area contributed by atoms with E-state index in [1.807, 2.05) is 30.3 Å². The zero-order valence-corrected chi connectivity index (χ0v) is 21.9. The Hall–Kier alpha value is -4.63. The summed E-state index contributed by atoms with van der Waals surface area (Å²) in [6, 6.07) is 20.7. The van der Waals surface area contributed by atoms with Crippen molar-refractivity contribution in [2.24, 2.45) is 4.99 Å². The molecular weight excluding hydrogens is 519 g/mol. The molecule has 4 aromatic rings. The highest BCUT2D eigenvalue weighted by Crippen LogP contribution is 2.35. The standard InChI is InChI=1S/C30H23FN2O5S/c1-3-37-29(36)25-26(20-9-5-4-6-10-20)32-30-33(27(25)21-12-14-22(31)15-13-21)28(35)24(39-30)17-19-8-7-11-23(16-19)38-18(2)34/h4-17,27H,3H2,1-2H3/b24-17-/t27-/m1/s1. The second kappa shape index (κ2) is 11.0. The molecule has 39 heavy (non-hydrogen) atoms. The molecule has 0 amide bonds. The highest BCUT2D eigenvalue weighted by atomic mass is 32.1. The largest absolute Gasteiger partial charge is 0.463 e. The summed E-state index contributed by atoms with van der Waals surface area (Å²) in [6.45, 7) is 3.14. The van der Waals surface area contributed by atoms with Gasteiger partial charge in [0.1, 0.15) is 11.6 Å². The zero-order chi connectivity index (χ0) is 27.5. The van der Waals surface area contributed by atoms with E-state index in [-0.39, 0.29) is 17.7 Å². The smallest absolute Gasteiger partial charge is 0.338 e. The molecule has 9 heteroatoms. The summed E-state index contributed by atoms with van der Waals surface area (Å²) in [6.07, 6.45) is 1.68. The van der Waals surface area contributed by atoms with Crippen LogP contribution >= 0.6 is 11.3 Å². The molecule has 0 N–H and O–H groups in total. The zero-order valence-electron chi connectivity index (χ0n) is 21.1. The first-order valence-electron chi connectivity index (χ1n) is 12.2. The molecule has 0 aliphatic carbocycles. The average molecular weight is 543 g/mol. The molecule has 0 saturated carbocycles. The molecule has 7 nitrogen and oxygen atoms in total. The Kier molecular flexibility index (Phi) is 7.33. The number of nitrogens with zero attached hydrogens (tertiary/aromatic N) is 2. The number of thiazole rings is 1. The average Bonchev–Trinajstić information content (AvgIpc) is 3.23. The number of hydrogen-bond donors (Lipinski definition) is 0. The number of ether oxygens (including phenoxy) is 2. The third kappa shape index (κ3) is 5.35. The molecule has 2 heterocycles. The summed E-state index contributed by atoms with van der Waals surface area (Å²) < 4.78 is 26.3. The summed E-state index contributed by atoms with van der Waals surface area (Å²) in [7, 11) is 0. The van der Waals surface area contributed by atoms with E-state index in [2.05, 4.69) is 0 Å². The summed E-state index contributed by atoms with van der Waals surface area (Å²) in [5, 5.41) is 0. The molecule has 0 spiro atoms. The van der Waals surface area contributed by atoms with Gasteiger partial charge >= 0.3 is 11.9 Å². The summed E-state index contributed by atoms with van der Waals surface area (Å²) >= 11 is 1.16. The van der Waals surface area contributed by atoms with Crippen molar-refractivity contribution in [1.29, 1.82) is 0 Å². The lowest BCUT2D eigenvalue weighted by molar-refractivity contribution is -0.139. The third-order valence-corrected chi connectivity index (χ3v) is 6.96. The maximum Gasteiger partial charge on any atom is 0.338 e. The Morgan fingerprint density at radius 1 is 1.05 bits per heavy atom. The van der Waals surface area contributed by atoms with Gasteiger partial charge in [-0.3, -0.25) is 14.2 Å². The van der Waals surface area contributed by atoms with E-state index in [1.54, 1.807) is 49.4 Å². The van der Waals surface area contributed by atoms with E-state index in [1.165, 1.54) is 23.6 Å². The fourth-order valence-electron chi connectivity index (χ4n) is 4.39. The molecule has 196 valence electrons. The molecule has 1 aliphatic rings. The van der Waals surface area contributed by atoms with Gasteiger partial charge in [0, 0.05) is 12.5 Å². The highest BCUT2D eigenvalue weighted by Gasteiger charge is 2.35. The minimum absolute atomic E-state index is 0.129.